The van der Waals surface area contributed by atoms with Gasteiger partial charge in [0.05, 0.1) is 18.2 Å². The Kier molecular flexibility index (Phi) is 2.26. The van der Waals surface area contributed by atoms with Crippen molar-refractivity contribution in [2.24, 2.45) is 7.05 Å². The maximum atomic E-state index is 13.2. The van der Waals surface area contributed by atoms with Crippen LogP contribution in [-0.2, 0) is 7.05 Å². The predicted octanol–water partition coefficient (Wildman–Crippen LogP) is 1.42. The minimum atomic E-state index is -1.10. The maximum Gasteiger partial charge on any atom is 0.335 e. The average Bonchev–Trinajstić information content (AvgIpc) is 2.54. The smallest absolute Gasteiger partial charge is 0.335 e. The van der Waals surface area contributed by atoms with Crippen molar-refractivity contribution in [2.45, 2.75) is 0 Å². The van der Waals surface area contributed by atoms with Crippen molar-refractivity contribution in [1.29, 1.82) is 0 Å². The Hall–Kier alpha value is -2.11. The van der Waals surface area contributed by atoms with Gasteiger partial charge in [0.2, 0.25) is 0 Å². The summed E-state index contributed by atoms with van der Waals surface area (Å²) in [6, 6.07) is 2.67. The molecule has 0 aliphatic carbocycles. The second kappa shape index (κ2) is 3.48. The summed E-state index contributed by atoms with van der Waals surface area (Å²) in [5, 5.41) is 8.88. The summed E-state index contributed by atoms with van der Waals surface area (Å²) in [5.41, 5.74) is 0.731. The molecule has 0 bridgehead atoms. The quantitative estimate of drug-likeness (QED) is 0.837. The molecule has 1 aromatic carbocycles. The molecule has 2 aromatic rings. The first-order chi connectivity index (χ1) is 7.54. The normalized spacial score (nSPS) is 10.7. The minimum Gasteiger partial charge on any atom is -0.494 e. The Balaban J connectivity index is 2.84. The fraction of sp³-hybridized carbons (Fsp3) is 0.200. The summed E-state index contributed by atoms with van der Waals surface area (Å²) in [5.74, 6) is -0.851. The highest BCUT2D eigenvalue weighted by Crippen LogP contribution is 2.26. The monoisotopic (exact) mass is 224 g/mol. The Morgan fingerprint density at radius 3 is 2.81 bits per heavy atom. The van der Waals surface area contributed by atoms with E-state index in [9.17, 15) is 9.18 Å². The van der Waals surface area contributed by atoms with E-state index in [4.69, 9.17) is 9.84 Å². The van der Waals surface area contributed by atoms with Crippen molar-refractivity contribution in [3.63, 3.8) is 0 Å². The van der Waals surface area contributed by atoms with Crippen LogP contribution in [0.1, 0.15) is 10.4 Å². The number of carboxylic acid groups (broad SMARTS) is 1. The van der Waals surface area contributed by atoms with Gasteiger partial charge in [-0.25, -0.2) is 4.79 Å². The number of methoxy groups -OCH3 is 1. The molecule has 0 unspecified atom stereocenters. The number of nitrogens with zero attached hydrogens (tertiary/aromatic N) is 2. The van der Waals surface area contributed by atoms with Gasteiger partial charge in [-0.15, -0.1) is 0 Å². The molecule has 6 heteroatoms. The first-order valence-corrected chi connectivity index (χ1v) is 4.48. The van der Waals surface area contributed by atoms with Gasteiger partial charge in [-0.1, -0.05) is 0 Å². The number of aromatic nitrogens is 2. The molecule has 1 heterocycles. The van der Waals surface area contributed by atoms with Crippen molar-refractivity contribution in [3.8, 4) is 5.75 Å². The van der Waals surface area contributed by atoms with E-state index in [1.807, 2.05) is 0 Å². The van der Waals surface area contributed by atoms with Gasteiger partial charge in [-0.2, -0.15) is 9.37 Å². The molecule has 2 rings (SSSR count). The number of imidazole rings is 1. The molecule has 0 radical (unpaired) electrons. The Morgan fingerprint density at radius 2 is 2.25 bits per heavy atom. The summed E-state index contributed by atoms with van der Waals surface area (Å²) in [6.07, 6.45) is -0.684. The number of halogens is 1. The molecule has 16 heavy (non-hydrogen) atoms. The third-order valence-corrected chi connectivity index (χ3v) is 2.36. The van der Waals surface area contributed by atoms with E-state index in [2.05, 4.69) is 4.98 Å². The molecule has 0 fully saturated rings. The summed E-state index contributed by atoms with van der Waals surface area (Å²) < 4.78 is 19.4. The molecule has 0 aliphatic rings. The van der Waals surface area contributed by atoms with Gasteiger partial charge in [0, 0.05) is 7.05 Å². The number of carbonyl (C=O) groups is 1. The summed E-state index contributed by atoms with van der Waals surface area (Å²) >= 11 is 0. The molecular formula is C10H9FN2O3. The lowest BCUT2D eigenvalue weighted by atomic mass is 10.2. The maximum absolute atomic E-state index is 13.2. The lowest BCUT2D eigenvalue weighted by Gasteiger charge is -2.03. The van der Waals surface area contributed by atoms with E-state index >= 15 is 0 Å². The van der Waals surface area contributed by atoms with E-state index in [-0.39, 0.29) is 11.3 Å². The van der Waals surface area contributed by atoms with Crippen molar-refractivity contribution in [1.82, 2.24) is 9.55 Å². The van der Waals surface area contributed by atoms with Crippen LogP contribution < -0.4 is 4.74 Å². The first-order valence-electron chi connectivity index (χ1n) is 4.48. The first kappa shape index (κ1) is 10.4. The van der Waals surface area contributed by atoms with Crippen molar-refractivity contribution in [2.75, 3.05) is 7.11 Å². The number of benzene rings is 1. The third kappa shape index (κ3) is 1.39. The largest absolute Gasteiger partial charge is 0.494 e. The number of aryl methyl sites for hydroxylation is 1. The summed E-state index contributed by atoms with van der Waals surface area (Å²) in [6.45, 7) is 0. The van der Waals surface area contributed by atoms with E-state index in [1.54, 1.807) is 0 Å². The molecule has 1 N–H and O–H groups in total. The van der Waals surface area contributed by atoms with Crippen LogP contribution in [0, 0.1) is 6.08 Å². The van der Waals surface area contributed by atoms with Crippen molar-refractivity contribution in [3.05, 3.63) is 23.8 Å². The van der Waals surface area contributed by atoms with Gasteiger partial charge in [-0.05, 0) is 12.1 Å². The topological polar surface area (TPSA) is 64.3 Å². The fourth-order valence-corrected chi connectivity index (χ4v) is 1.51. The summed E-state index contributed by atoms with van der Waals surface area (Å²) in [4.78, 5) is 14.5. The lowest BCUT2D eigenvalue weighted by Crippen LogP contribution is -1.99. The number of carboxylic acids is 1. The van der Waals surface area contributed by atoms with Crippen LogP contribution in [0.5, 0.6) is 5.75 Å². The highest BCUT2D eigenvalue weighted by atomic mass is 19.1. The predicted molar refractivity (Wildman–Crippen MR) is 54.2 cm³/mol. The van der Waals surface area contributed by atoms with E-state index < -0.39 is 12.0 Å². The number of rotatable bonds is 2. The zero-order valence-corrected chi connectivity index (χ0v) is 8.69. The molecule has 0 amide bonds. The van der Waals surface area contributed by atoms with Gasteiger partial charge in [0.25, 0.3) is 6.08 Å². The SMILES string of the molecule is COc1cc(C(=O)O)cc2c1nc(F)n2C. The molecule has 84 valence electrons. The third-order valence-electron chi connectivity index (χ3n) is 2.36. The number of hydrogen-bond acceptors (Lipinski definition) is 3. The summed E-state index contributed by atoms with van der Waals surface area (Å²) in [7, 11) is 2.85. The second-order valence-electron chi connectivity index (χ2n) is 3.29. The highest BCUT2D eigenvalue weighted by molar-refractivity contribution is 5.95. The minimum absolute atomic E-state index is 0.0346. The Morgan fingerprint density at radius 1 is 1.56 bits per heavy atom. The van der Waals surface area contributed by atoms with Crippen LogP contribution in [0.2, 0.25) is 0 Å². The van der Waals surface area contributed by atoms with Gasteiger partial charge in [-0.3, -0.25) is 0 Å². The van der Waals surface area contributed by atoms with Crippen LogP contribution in [0.25, 0.3) is 11.0 Å². The van der Waals surface area contributed by atoms with E-state index in [1.165, 1.54) is 30.9 Å². The Bertz CT molecular complexity index is 577. The van der Waals surface area contributed by atoms with Crippen molar-refractivity contribution < 1.29 is 19.0 Å². The zero-order chi connectivity index (χ0) is 11.9. The molecule has 0 spiro atoms. The molecule has 0 atom stereocenters. The molecule has 0 aliphatic heterocycles. The molecule has 0 saturated heterocycles. The van der Waals surface area contributed by atoms with E-state index in [0.29, 0.717) is 11.0 Å². The molecule has 5 nitrogen and oxygen atoms in total. The fourth-order valence-electron chi connectivity index (χ4n) is 1.51. The Labute approximate surface area is 90.1 Å². The highest BCUT2D eigenvalue weighted by Gasteiger charge is 2.15. The molecule has 1 aromatic heterocycles. The second-order valence-corrected chi connectivity index (χ2v) is 3.29. The average molecular weight is 224 g/mol. The van der Waals surface area contributed by atoms with Crippen LogP contribution in [0.15, 0.2) is 12.1 Å². The van der Waals surface area contributed by atoms with E-state index in [0.717, 1.165) is 0 Å². The van der Waals surface area contributed by atoms with Gasteiger partial charge in [0.15, 0.2) is 0 Å². The standard InChI is InChI=1S/C10H9FN2O3/c1-13-6-3-5(9(14)15)4-7(16-2)8(6)12-10(13)11/h3-4H,1-2H3,(H,14,15). The number of aromatic carboxylic acids is 1. The molecule has 0 saturated carbocycles. The van der Waals surface area contributed by atoms with Crippen LogP contribution in [-0.4, -0.2) is 27.7 Å². The van der Waals surface area contributed by atoms with Gasteiger partial charge < -0.3 is 14.4 Å². The number of hydrogen-bond donors (Lipinski definition) is 1. The van der Waals surface area contributed by atoms with Crippen LogP contribution in [0.3, 0.4) is 0 Å². The van der Waals surface area contributed by atoms with Gasteiger partial charge in [0.1, 0.15) is 11.3 Å². The van der Waals surface area contributed by atoms with Gasteiger partial charge >= 0.3 is 5.97 Å². The lowest BCUT2D eigenvalue weighted by molar-refractivity contribution is 0.0696. The zero-order valence-electron chi connectivity index (χ0n) is 8.69. The van der Waals surface area contributed by atoms with Crippen LogP contribution in [0.4, 0.5) is 4.39 Å². The van der Waals surface area contributed by atoms with Crippen molar-refractivity contribution >= 4 is 17.0 Å². The molecular weight excluding hydrogens is 215 g/mol. The van der Waals surface area contributed by atoms with Crippen LogP contribution >= 0.6 is 0 Å². The number of ether oxygens (including phenoxy) is 1. The number of fused-ring (bicyclic) bond motifs is 1.